The number of hydrogen-bond donors (Lipinski definition) is 4. The largest absolute Gasteiger partial charge is 0.692 e. The second kappa shape index (κ2) is 12.1. The Hall–Kier alpha value is 1.39. The Morgan fingerprint density at radius 3 is 0.778 bits per heavy atom. The molecule has 0 bridgehead atoms. The van der Waals surface area contributed by atoms with Crippen LogP contribution in [0.1, 0.15) is 0 Å². The van der Waals surface area contributed by atoms with Crippen molar-refractivity contribution in [2.75, 3.05) is 0 Å². The van der Waals surface area contributed by atoms with Crippen LogP contribution in [0.25, 0.3) is 0 Å². The maximum absolute atomic E-state index is 8.70. The van der Waals surface area contributed by atoms with E-state index in [9.17, 15) is 0 Å². The van der Waals surface area contributed by atoms with Crippen molar-refractivity contribution in [2.24, 2.45) is 0 Å². The van der Waals surface area contributed by atoms with Gasteiger partial charge in [0.1, 0.15) is 0 Å². The fourth-order valence-corrected chi connectivity index (χ4v) is 0. The predicted octanol–water partition coefficient (Wildman–Crippen LogP) is -0.743. The summed E-state index contributed by atoms with van der Waals surface area (Å²) >= 11 is 0. The molecule has 9 heavy (non-hydrogen) atoms. The third kappa shape index (κ3) is 265. The van der Waals surface area contributed by atoms with E-state index in [0.29, 0.717) is 0 Å². The Morgan fingerprint density at radius 1 is 0.778 bits per heavy atom. The second-order valence-corrected chi connectivity index (χ2v) is 1.52. The molecule has 0 radical (unpaired) electrons. The average Bonchev–Trinajstić information content (AvgIpc) is 1.25. The van der Waals surface area contributed by atoms with Crippen LogP contribution < -0.4 is 0 Å². The molecule has 0 saturated heterocycles. The van der Waals surface area contributed by atoms with Crippen LogP contribution in [0.4, 0.5) is 0 Å². The summed E-state index contributed by atoms with van der Waals surface area (Å²) in [5.41, 5.74) is 0. The molecule has 4 N–H and O–H groups in total. The van der Waals surface area contributed by atoms with Crippen molar-refractivity contribution < 1.29 is 69.5 Å². The predicted molar refractivity (Wildman–Crippen MR) is 24.1 cm³/mol. The molecule has 0 heterocycles. The first-order valence-electron chi connectivity index (χ1n) is 1.17. The summed E-state index contributed by atoms with van der Waals surface area (Å²) in [5.74, 6) is 0. The van der Waals surface area contributed by atoms with Crippen LogP contribution in [0.2, 0.25) is 0 Å². The third-order valence-corrected chi connectivity index (χ3v) is 0. The van der Waals surface area contributed by atoms with Crippen molar-refractivity contribution in [2.45, 2.75) is 0 Å². The van der Waals surface area contributed by atoms with E-state index in [2.05, 4.69) is 0 Å². The molecule has 0 rings (SSSR count). The SMILES string of the molecule is O=[P+](O)O.O=[P+](O)O.[Nd]. The van der Waals surface area contributed by atoms with Crippen molar-refractivity contribution in [3.63, 3.8) is 0 Å². The Labute approximate surface area is 85.3 Å². The molecule has 0 spiro atoms. The minimum Gasteiger partial charge on any atom is -0.134 e. The van der Waals surface area contributed by atoms with Crippen LogP contribution in [0.5, 0.6) is 0 Å². The van der Waals surface area contributed by atoms with Crippen molar-refractivity contribution in [1.82, 2.24) is 0 Å². The molecule has 0 saturated carbocycles. The minimum absolute atomic E-state index is 0. The van der Waals surface area contributed by atoms with E-state index in [-0.39, 0.29) is 40.8 Å². The Bertz CT molecular complexity index is 69.1. The Morgan fingerprint density at radius 2 is 0.778 bits per heavy atom. The van der Waals surface area contributed by atoms with Gasteiger partial charge in [0.2, 0.25) is 0 Å². The van der Waals surface area contributed by atoms with Gasteiger partial charge in [-0.25, -0.2) is 0 Å². The first kappa shape index (κ1) is 16.8. The van der Waals surface area contributed by atoms with Gasteiger partial charge in [0, 0.05) is 50.0 Å². The topological polar surface area (TPSA) is 115 Å². The van der Waals surface area contributed by atoms with Crippen molar-refractivity contribution in [1.29, 1.82) is 0 Å². The van der Waals surface area contributed by atoms with Crippen LogP contribution >= 0.6 is 16.5 Å². The molecule has 6 nitrogen and oxygen atoms in total. The fourth-order valence-electron chi connectivity index (χ4n) is 0. The summed E-state index contributed by atoms with van der Waals surface area (Å²) in [6, 6.07) is 0. The van der Waals surface area contributed by atoms with Gasteiger partial charge in [-0.3, -0.25) is 0 Å². The second-order valence-electron chi connectivity index (χ2n) is 0.505. The van der Waals surface area contributed by atoms with Gasteiger partial charge in [0.25, 0.3) is 0 Å². The van der Waals surface area contributed by atoms with Crippen LogP contribution in [0, 0.1) is 40.8 Å². The van der Waals surface area contributed by atoms with Gasteiger partial charge in [-0.15, -0.1) is 19.6 Å². The fraction of sp³-hybridized carbons (Fsp3) is 0. The van der Waals surface area contributed by atoms with Crippen LogP contribution in [0.15, 0.2) is 0 Å². The molecular formula is H4NdO6P2+2. The molecule has 0 aromatic heterocycles. The van der Waals surface area contributed by atoms with E-state index in [1.54, 1.807) is 0 Å². The van der Waals surface area contributed by atoms with E-state index < -0.39 is 16.5 Å². The minimum atomic E-state index is -2.87. The molecule has 0 unspecified atom stereocenters. The monoisotopic (exact) mass is 304 g/mol. The van der Waals surface area contributed by atoms with Crippen LogP contribution in [-0.2, 0) is 9.13 Å². The van der Waals surface area contributed by atoms with E-state index >= 15 is 0 Å². The van der Waals surface area contributed by atoms with Crippen molar-refractivity contribution in [3.8, 4) is 0 Å². The van der Waals surface area contributed by atoms with Gasteiger partial charge in [0.15, 0.2) is 0 Å². The van der Waals surface area contributed by atoms with Gasteiger partial charge in [-0.1, -0.05) is 0 Å². The average molecular weight is 306 g/mol. The molecular weight excluding hydrogens is 302 g/mol. The summed E-state index contributed by atoms with van der Waals surface area (Å²) in [5, 5.41) is 0. The summed E-state index contributed by atoms with van der Waals surface area (Å²) < 4.78 is 17.4. The normalized spacial score (nSPS) is 5.78. The van der Waals surface area contributed by atoms with E-state index in [4.69, 9.17) is 28.7 Å². The zero-order chi connectivity index (χ0) is 7.15. The van der Waals surface area contributed by atoms with Gasteiger partial charge in [-0.05, 0) is 0 Å². The van der Waals surface area contributed by atoms with Gasteiger partial charge in [0.05, 0.1) is 0 Å². The molecule has 0 amide bonds. The van der Waals surface area contributed by atoms with Crippen LogP contribution in [0.3, 0.4) is 0 Å². The smallest absolute Gasteiger partial charge is 0.134 e. The van der Waals surface area contributed by atoms with E-state index in [0.717, 1.165) is 0 Å². The summed E-state index contributed by atoms with van der Waals surface area (Å²) in [7, 11) is -5.74. The molecule has 0 aliphatic rings. The molecule has 0 aliphatic heterocycles. The maximum Gasteiger partial charge on any atom is 0.692 e. The van der Waals surface area contributed by atoms with Crippen LogP contribution in [-0.4, -0.2) is 19.6 Å². The zero-order valence-corrected chi connectivity index (χ0v) is 9.00. The molecule has 0 aromatic rings. The summed E-state index contributed by atoms with van der Waals surface area (Å²) in [6.45, 7) is 0. The molecule has 0 aromatic carbocycles. The summed E-state index contributed by atoms with van der Waals surface area (Å²) in [6.07, 6.45) is 0. The first-order valence-corrected chi connectivity index (χ1v) is 3.50. The first-order chi connectivity index (χ1) is 3.46. The standard InChI is InChI=1S/Nd.2HO3P/c;2*1-4(2)3/h;2*(H-,1,2,3)/p+2. The third-order valence-electron chi connectivity index (χ3n) is 0. The molecule has 0 atom stereocenters. The zero-order valence-electron chi connectivity index (χ0n) is 4.00. The maximum atomic E-state index is 8.70. The number of rotatable bonds is 0. The van der Waals surface area contributed by atoms with Crippen molar-refractivity contribution >= 4 is 16.5 Å². The summed E-state index contributed by atoms with van der Waals surface area (Å²) in [4.78, 5) is 28.5. The Kier molecular flexibility index (Phi) is 22.6. The number of hydrogen-bond acceptors (Lipinski definition) is 2. The van der Waals surface area contributed by atoms with Crippen molar-refractivity contribution in [3.05, 3.63) is 0 Å². The Balaban J connectivity index is -0.0000000720. The van der Waals surface area contributed by atoms with Gasteiger partial charge < -0.3 is 0 Å². The molecule has 52 valence electrons. The van der Waals surface area contributed by atoms with Gasteiger partial charge >= 0.3 is 16.5 Å². The van der Waals surface area contributed by atoms with Gasteiger partial charge in [-0.2, -0.15) is 0 Å². The molecule has 0 fully saturated rings. The van der Waals surface area contributed by atoms with E-state index in [1.165, 1.54) is 0 Å². The molecule has 9 heteroatoms. The van der Waals surface area contributed by atoms with E-state index in [1.807, 2.05) is 0 Å². The molecule has 0 aliphatic carbocycles. The quantitative estimate of drug-likeness (QED) is 0.438.